The molecule has 0 radical (unpaired) electrons. The molecule has 0 amide bonds. The average Bonchev–Trinajstić information content (AvgIpc) is 2.46. The Kier molecular flexibility index (Phi) is 3.48. The van der Waals surface area contributed by atoms with Gasteiger partial charge in [0.2, 0.25) is 0 Å². The smallest absolute Gasteiger partial charge is 0.193 e. The molecule has 0 spiro atoms. The van der Waals surface area contributed by atoms with Gasteiger partial charge < -0.3 is 9.15 Å². The predicted octanol–water partition coefficient (Wildman–Crippen LogP) is 4.07. The third-order valence-electron chi connectivity index (χ3n) is 3.07. The van der Waals surface area contributed by atoms with Gasteiger partial charge in [-0.1, -0.05) is 0 Å². The highest BCUT2D eigenvalue weighted by atomic mass is 127. The SMILES string of the molecule is COc1ccc(-c2cc(=O)c3ccc(I)cc3o2)cc1. The largest absolute Gasteiger partial charge is 0.497 e. The minimum atomic E-state index is -0.0338. The Morgan fingerprint density at radius 1 is 1.05 bits per heavy atom. The summed E-state index contributed by atoms with van der Waals surface area (Å²) in [6.45, 7) is 0. The lowest BCUT2D eigenvalue weighted by atomic mass is 10.1. The first-order valence-electron chi connectivity index (χ1n) is 6.05. The van der Waals surface area contributed by atoms with Gasteiger partial charge in [-0.05, 0) is 65.1 Å². The van der Waals surface area contributed by atoms with E-state index >= 15 is 0 Å². The maximum atomic E-state index is 12.1. The standard InChI is InChI=1S/C16H11IO3/c1-19-12-5-2-10(3-6-12)15-9-14(18)13-7-4-11(17)8-16(13)20-15/h2-9H,1H3. The van der Waals surface area contributed by atoms with Gasteiger partial charge in [0, 0.05) is 15.2 Å². The summed E-state index contributed by atoms with van der Waals surface area (Å²) in [7, 11) is 1.62. The van der Waals surface area contributed by atoms with Gasteiger partial charge in [0.05, 0.1) is 12.5 Å². The minimum Gasteiger partial charge on any atom is -0.497 e. The van der Waals surface area contributed by atoms with Crippen molar-refractivity contribution in [3.63, 3.8) is 0 Å². The molecule has 0 bridgehead atoms. The molecule has 0 aliphatic rings. The maximum absolute atomic E-state index is 12.1. The van der Waals surface area contributed by atoms with Crippen LogP contribution in [-0.2, 0) is 0 Å². The quantitative estimate of drug-likeness (QED) is 0.631. The molecule has 20 heavy (non-hydrogen) atoms. The van der Waals surface area contributed by atoms with Crippen LogP contribution in [0.2, 0.25) is 0 Å². The molecule has 0 aliphatic carbocycles. The molecule has 3 nitrogen and oxygen atoms in total. The molecule has 3 aromatic rings. The molecule has 0 saturated heterocycles. The second-order valence-electron chi connectivity index (χ2n) is 4.34. The van der Waals surface area contributed by atoms with Gasteiger partial charge in [-0.25, -0.2) is 0 Å². The van der Waals surface area contributed by atoms with Crippen LogP contribution < -0.4 is 10.2 Å². The van der Waals surface area contributed by atoms with Crippen molar-refractivity contribution >= 4 is 33.6 Å². The summed E-state index contributed by atoms with van der Waals surface area (Å²) in [5.74, 6) is 1.33. The van der Waals surface area contributed by atoms with Crippen LogP contribution >= 0.6 is 22.6 Å². The monoisotopic (exact) mass is 378 g/mol. The Morgan fingerprint density at radius 3 is 2.50 bits per heavy atom. The van der Waals surface area contributed by atoms with E-state index in [1.807, 2.05) is 36.4 Å². The van der Waals surface area contributed by atoms with E-state index in [9.17, 15) is 4.79 Å². The zero-order valence-electron chi connectivity index (χ0n) is 10.7. The first kappa shape index (κ1) is 13.2. The molecule has 0 unspecified atom stereocenters. The second-order valence-corrected chi connectivity index (χ2v) is 5.59. The fourth-order valence-corrected chi connectivity index (χ4v) is 2.49. The Hall–Kier alpha value is -1.82. The number of rotatable bonds is 2. The molecule has 4 heteroatoms. The molecule has 0 aliphatic heterocycles. The first-order valence-corrected chi connectivity index (χ1v) is 7.13. The topological polar surface area (TPSA) is 39.4 Å². The molecule has 3 rings (SSSR count). The second kappa shape index (κ2) is 5.28. The zero-order chi connectivity index (χ0) is 14.1. The van der Waals surface area contributed by atoms with Crippen LogP contribution in [0.25, 0.3) is 22.3 Å². The van der Waals surface area contributed by atoms with Crippen LogP contribution in [-0.4, -0.2) is 7.11 Å². The van der Waals surface area contributed by atoms with Crippen molar-refractivity contribution in [3.05, 3.63) is 62.3 Å². The zero-order valence-corrected chi connectivity index (χ0v) is 12.9. The number of fused-ring (bicyclic) bond motifs is 1. The summed E-state index contributed by atoms with van der Waals surface area (Å²) in [5.41, 5.74) is 1.42. The lowest BCUT2D eigenvalue weighted by Gasteiger charge is -2.05. The van der Waals surface area contributed by atoms with E-state index in [2.05, 4.69) is 22.6 Å². The van der Waals surface area contributed by atoms with E-state index in [-0.39, 0.29) is 5.43 Å². The van der Waals surface area contributed by atoms with Gasteiger partial charge in [-0.15, -0.1) is 0 Å². The first-order chi connectivity index (χ1) is 9.67. The Bertz CT molecular complexity index is 819. The van der Waals surface area contributed by atoms with Gasteiger partial charge in [-0.3, -0.25) is 4.79 Å². The summed E-state index contributed by atoms with van der Waals surface area (Å²) in [5, 5.41) is 0.600. The molecular formula is C16H11IO3. The number of ether oxygens (including phenoxy) is 1. The number of halogens is 1. The van der Waals surface area contributed by atoms with Gasteiger partial charge in [0.1, 0.15) is 17.1 Å². The summed E-state index contributed by atoms with van der Waals surface area (Å²) >= 11 is 2.20. The normalized spacial score (nSPS) is 10.7. The summed E-state index contributed by atoms with van der Waals surface area (Å²) in [6, 6.07) is 14.5. The Labute approximate surface area is 129 Å². The highest BCUT2D eigenvalue weighted by Crippen LogP contribution is 2.25. The molecule has 0 saturated carbocycles. The van der Waals surface area contributed by atoms with Crippen molar-refractivity contribution in [3.8, 4) is 17.1 Å². The molecule has 0 N–H and O–H groups in total. The fourth-order valence-electron chi connectivity index (χ4n) is 2.03. The van der Waals surface area contributed by atoms with Crippen LogP contribution in [0, 0.1) is 3.57 Å². The number of benzene rings is 2. The third-order valence-corrected chi connectivity index (χ3v) is 3.74. The Balaban J connectivity index is 2.18. The van der Waals surface area contributed by atoms with Gasteiger partial charge >= 0.3 is 0 Å². The van der Waals surface area contributed by atoms with Crippen LogP contribution in [0.3, 0.4) is 0 Å². The van der Waals surface area contributed by atoms with Crippen molar-refractivity contribution in [1.29, 1.82) is 0 Å². The van der Waals surface area contributed by atoms with Crippen LogP contribution in [0.4, 0.5) is 0 Å². The molecular weight excluding hydrogens is 367 g/mol. The lowest BCUT2D eigenvalue weighted by Crippen LogP contribution is -2.00. The van der Waals surface area contributed by atoms with Gasteiger partial charge in [0.25, 0.3) is 0 Å². The Morgan fingerprint density at radius 2 is 1.80 bits per heavy atom. The third kappa shape index (κ3) is 2.43. The number of methoxy groups -OCH3 is 1. The van der Waals surface area contributed by atoms with E-state index < -0.39 is 0 Å². The van der Waals surface area contributed by atoms with Crippen molar-refractivity contribution in [2.24, 2.45) is 0 Å². The van der Waals surface area contributed by atoms with E-state index in [1.54, 1.807) is 13.2 Å². The summed E-state index contributed by atoms with van der Waals surface area (Å²) < 4.78 is 12.0. The van der Waals surface area contributed by atoms with E-state index in [1.165, 1.54) is 6.07 Å². The maximum Gasteiger partial charge on any atom is 0.193 e. The molecule has 2 aromatic carbocycles. The van der Waals surface area contributed by atoms with E-state index in [0.29, 0.717) is 16.7 Å². The molecule has 1 aromatic heterocycles. The molecule has 0 fully saturated rings. The number of hydrogen-bond donors (Lipinski definition) is 0. The lowest BCUT2D eigenvalue weighted by molar-refractivity contribution is 0.415. The molecule has 1 heterocycles. The van der Waals surface area contributed by atoms with Crippen LogP contribution in [0.1, 0.15) is 0 Å². The summed E-state index contributed by atoms with van der Waals surface area (Å²) in [6.07, 6.45) is 0. The summed E-state index contributed by atoms with van der Waals surface area (Å²) in [4.78, 5) is 12.1. The van der Waals surface area contributed by atoms with Crippen molar-refractivity contribution in [1.82, 2.24) is 0 Å². The fraction of sp³-hybridized carbons (Fsp3) is 0.0625. The van der Waals surface area contributed by atoms with E-state index in [4.69, 9.17) is 9.15 Å². The van der Waals surface area contributed by atoms with Crippen molar-refractivity contribution < 1.29 is 9.15 Å². The predicted molar refractivity (Wildman–Crippen MR) is 87.2 cm³/mol. The van der Waals surface area contributed by atoms with Crippen LogP contribution in [0.15, 0.2) is 57.7 Å². The number of hydrogen-bond acceptors (Lipinski definition) is 3. The highest BCUT2D eigenvalue weighted by molar-refractivity contribution is 14.1. The molecule has 0 atom stereocenters. The van der Waals surface area contributed by atoms with Crippen molar-refractivity contribution in [2.75, 3.05) is 7.11 Å². The molecule has 100 valence electrons. The van der Waals surface area contributed by atoms with Crippen molar-refractivity contribution in [2.45, 2.75) is 0 Å². The van der Waals surface area contributed by atoms with Gasteiger partial charge in [0.15, 0.2) is 5.43 Å². The van der Waals surface area contributed by atoms with E-state index in [0.717, 1.165) is 14.9 Å². The minimum absolute atomic E-state index is 0.0338. The van der Waals surface area contributed by atoms with Crippen LogP contribution in [0.5, 0.6) is 5.75 Å². The highest BCUT2D eigenvalue weighted by Gasteiger charge is 2.07. The average molecular weight is 378 g/mol. The van der Waals surface area contributed by atoms with Gasteiger partial charge in [-0.2, -0.15) is 0 Å².